The Labute approximate surface area is 341 Å². The van der Waals surface area contributed by atoms with Gasteiger partial charge in [-0.2, -0.15) is 0 Å². The van der Waals surface area contributed by atoms with Gasteiger partial charge < -0.3 is 0 Å². The maximum absolute atomic E-state index is 7.48. The van der Waals surface area contributed by atoms with Crippen LogP contribution in [-0.2, 0) is 5.41 Å². The van der Waals surface area contributed by atoms with Crippen LogP contribution in [0.5, 0.6) is 0 Å². The zero-order valence-electron chi connectivity index (χ0n) is 31.2. The van der Waals surface area contributed by atoms with Crippen LogP contribution in [0.4, 0.5) is 5.69 Å². The third-order valence-electron chi connectivity index (χ3n) is 11.4. The summed E-state index contributed by atoms with van der Waals surface area (Å²) in [4.78, 5) is 21.0. The molecule has 4 nitrogen and oxygen atoms in total. The minimum Gasteiger partial charge on any atom is -0.238 e. The second-order valence-electron chi connectivity index (χ2n) is 14.6. The summed E-state index contributed by atoms with van der Waals surface area (Å²) in [5.41, 5.74) is 15.1. The molecular weight excluding hydrogens is 725 g/mol. The molecule has 1 spiro atoms. The lowest BCUT2D eigenvalue weighted by atomic mass is 9.66. The first-order chi connectivity index (χ1) is 28.7. The fourth-order valence-electron chi connectivity index (χ4n) is 8.74. The summed E-state index contributed by atoms with van der Waals surface area (Å²) in [5, 5.41) is 0. The fourth-order valence-corrected chi connectivity index (χ4v) is 9.91. The second kappa shape index (κ2) is 13.7. The number of benzene rings is 8. The van der Waals surface area contributed by atoms with Gasteiger partial charge in [0.15, 0.2) is 23.2 Å². The molecule has 0 amide bonds. The monoisotopic (exact) mass is 756 g/mol. The second-order valence-corrected chi connectivity index (χ2v) is 15.7. The molecule has 1 atom stereocenters. The van der Waals surface area contributed by atoms with Gasteiger partial charge in [-0.05, 0) is 79.9 Å². The number of aromatic nitrogens is 3. The molecule has 1 aliphatic heterocycles. The van der Waals surface area contributed by atoms with E-state index in [9.17, 15) is 0 Å². The molecule has 5 heteroatoms. The molecule has 2 heterocycles. The number of fused-ring (bicyclic) bond motifs is 9. The van der Waals surface area contributed by atoms with E-state index in [-0.39, 0.29) is 0 Å². The first-order valence-corrected chi connectivity index (χ1v) is 20.1. The van der Waals surface area contributed by atoms with E-state index in [4.69, 9.17) is 21.5 Å². The normalized spacial score (nSPS) is 14.5. The molecular formula is C53H32N4S. The van der Waals surface area contributed by atoms with Crippen molar-refractivity contribution in [3.05, 3.63) is 228 Å². The summed E-state index contributed by atoms with van der Waals surface area (Å²) in [6.45, 7) is 7.48. The first-order valence-electron chi connectivity index (χ1n) is 19.3. The standard InChI is InChI=1S/C53H32N4S/c1-54-41-28-24-35(25-29-41)40-27-31-49-47(33-40)53(45-18-10-11-19-48(45)58-49)44-17-9-8-16-42(44)43-30-26-39(32-46(43)53)34-20-22-38(23-21-34)52-56-50(36-12-4-2-5-13-36)55-51(57-52)37-14-6-3-7-15-37/h2-33H. The van der Waals surface area contributed by atoms with Crippen LogP contribution in [-0.4, -0.2) is 15.0 Å². The topological polar surface area (TPSA) is 43.0 Å². The van der Waals surface area contributed by atoms with Crippen LogP contribution < -0.4 is 0 Å². The third kappa shape index (κ3) is 5.42. The zero-order chi connectivity index (χ0) is 38.6. The van der Waals surface area contributed by atoms with Gasteiger partial charge in [0.2, 0.25) is 0 Å². The molecule has 58 heavy (non-hydrogen) atoms. The lowest BCUT2D eigenvalue weighted by Crippen LogP contribution is -2.32. The average molecular weight is 757 g/mol. The Morgan fingerprint density at radius 3 is 1.45 bits per heavy atom. The van der Waals surface area contributed by atoms with Gasteiger partial charge in [0, 0.05) is 26.5 Å². The van der Waals surface area contributed by atoms with Crippen molar-refractivity contribution in [3.8, 4) is 67.5 Å². The molecule has 11 rings (SSSR count). The van der Waals surface area contributed by atoms with Gasteiger partial charge in [0.1, 0.15) is 0 Å². The molecule has 0 saturated carbocycles. The van der Waals surface area contributed by atoms with Crippen LogP contribution in [0.3, 0.4) is 0 Å². The van der Waals surface area contributed by atoms with Gasteiger partial charge in [0.05, 0.1) is 12.0 Å². The van der Waals surface area contributed by atoms with Gasteiger partial charge >= 0.3 is 0 Å². The number of rotatable bonds is 5. The molecule has 0 bridgehead atoms. The lowest BCUT2D eigenvalue weighted by molar-refractivity contribution is 0.723. The van der Waals surface area contributed by atoms with Gasteiger partial charge in [0.25, 0.3) is 0 Å². The highest BCUT2D eigenvalue weighted by atomic mass is 32.2. The van der Waals surface area contributed by atoms with Crippen molar-refractivity contribution in [2.24, 2.45) is 0 Å². The molecule has 0 saturated heterocycles. The van der Waals surface area contributed by atoms with Crippen molar-refractivity contribution in [3.63, 3.8) is 0 Å². The van der Waals surface area contributed by atoms with Crippen molar-refractivity contribution in [2.45, 2.75) is 15.2 Å². The Morgan fingerprint density at radius 1 is 0.362 bits per heavy atom. The van der Waals surface area contributed by atoms with Crippen molar-refractivity contribution in [2.75, 3.05) is 0 Å². The van der Waals surface area contributed by atoms with Crippen LogP contribution in [0.1, 0.15) is 22.3 Å². The maximum Gasteiger partial charge on any atom is 0.187 e. The maximum atomic E-state index is 7.48. The molecule has 0 N–H and O–H groups in total. The molecule has 8 aromatic carbocycles. The summed E-state index contributed by atoms with van der Waals surface area (Å²) in [6, 6.07) is 68.4. The van der Waals surface area contributed by atoms with Gasteiger partial charge in [-0.3, -0.25) is 0 Å². The Kier molecular flexibility index (Phi) is 7.99. The summed E-state index contributed by atoms with van der Waals surface area (Å²) in [5.74, 6) is 1.92. The van der Waals surface area contributed by atoms with Crippen LogP contribution in [0.2, 0.25) is 0 Å². The van der Waals surface area contributed by atoms with Gasteiger partial charge in [-0.25, -0.2) is 19.8 Å². The predicted molar refractivity (Wildman–Crippen MR) is 235 cm³/mol. The smallest absolute Gasteiger partial charge is 0.187 e. The Morgan fingerprint density at radius 2 is 0.810 bits per heavy atom. The van der Waals surface area contributed by atoms with E-state index >= 15 is 0 Å². The van der Waals surface area contributed by atoms with Crippen molar-refractivity contribution in [1.82, 2.24) is 15.0 Å². The van der Waals surface area contributed by atoms with E-state index in [1.807, 2.05) is 84.6 Å². The van der Waals surface area contributed by atoms with E-state index in [1.54, 1.807) is 0 Å². The summed E-state index contributed by atoms with van der Waals surface area (Å²) >= 11 is 1.85. The van der Waals surface area contributed by atoms with E-state index in [0.29, 0.717) is 23.2 Å². The highest BCUT2D eigenvalue weighted by Crippen LogP contribution is 2.62. The summed E-state index contributed by atoms with van der Waals surface area (Å²) < 4.78 is 0. The number of nitrogens with zero attached hydrogens (tertiary/aromatic N) is 4. The highest BCUT2D eigenvalue weighted by molar-refractivity contribution is 7.99. The summed E-state index contributed by atoms with van der Waals surface area (Å²) in [7, 11) is 0. The first kappa shape index (κ1) is 33.9. The van der Waals surface area contributed by atoms with Crippen LogP contribution in [0.15, 0.2) is 204 Å². The molecule has 1 aromatic heterocycles. The molecule has 270 valence electrons. The molecule has 9 aromatic rings. The van der Waals surface area contributed by atoms with E-state index in [0.717, 1.165) is 38.9 Å². The van der Waals surface area contributed by atoms with Crippen LogP contribution in [0, 0.1) is 6.57 Å². The number of hydrogen-bond acceptors (Lipinski definition) is 4. The molecule has 0 fully saturated rings. The zero-order valence-corrected chi connectivity index (χ0v) is 32.0. The predicted octanol–water partition coefficient (Wildman–Crippen LogP) is 13.6. The lowest BCUT2D eigenvalue weighted by Gasteiger charge is -2.40. The van der Waals surface area contributed by atoms with Crippen molar-refractivity contribution >= 4 is 17.4 Å². The van der Waals surface area contributed by atoms with E-state index in [1.165, 1.54) is 43.2 Å². The minimum atomic E-state index is -0.530. The molecule has 2 aliphatic rings. The Balaban J connectivity index is 1.06. The van der Waals surface area contributed by atoms with Crippen molar-refractivity contribution in [1.29, 1.82) is 0 Å². The molecule has 1 aliphatic carbocycles. The SMILES string of the molecule is [C-]#[N+]c1ccc(-c2ccc3c(c2)C2(c4ccccc4S3)c3ccccc3-c3ccc(-c4ccc(-c5nc(-c6ccccc6)nc(-c6ccccc6)n5)cc4)cc32)cc1. The van der Waals surface area contributed by atoms with Gasteiger partial charge in [-0.15, -0.1) is 0 Å². The Bertz CT molecular complexity index is 3020. The molecule has 1 unspecified atom stereocenters. The van der Waals surface area contributed by atoms with Gasteiger partial charge in [-0.1, -0.05) is 182 Å². The fraction of sp³-hybridized carbons (Fsp3) is 0.0189. The minimum absolute atomic E-state index is 0.530. The Hall–Kier alpha value is -7.39. The number of hydrogen-bond donors (Lipinski definition) is 0. The largest absolute Gasteiger partial charge is 0.238 e. The van der Waals surface area contributed by atoms with Crippen LogP contribution >= 0.6 is 11.8 Å². The van der Waals surface area contributed by atoms with E-state index < -0.39 is 5.41 Å². The average Bonchev–Trinajstić information content (AvgIpc) is 3.59. The quantitative estimate of drug-likeness (QED) is 0.164. The van der Waals surface area contributed by atoms with Crippen molar-refractivity contribution < 1.29 is 0 Å². The molecule has 0 radical (unpaired) electrons. The third-order valence-corrected chi connectivity index (χ3v) is 12.6. The van der Waals surface area contributed by atoms with E-state index in [2.05, 4.69) is 126 Å². The van der Waals surface area contributed by atoms with Crippen LogP contribution in [0.25, 0.3) is 72.4 Å². The summed E-state index contributed by atoms with van der Waals surface area (Å²) in [6.07, 6.45) is 0. The highest BCUT2D eigenvalue weighted by Gasteiger charge is 2.50.